The van der Waals surface area contributed by atoms with Crippen LogP contribution in [0.3, 0.4) is 0 Å². The number of aliphatic carboxylic acids is 1. The second-order valence-electron chi connectivity index (χ2n) is 5.79. The van der Waals surface area contributed by atoms with Crippen LogP contribution in [-0.2, 0) is 4.79 Å². The maximum Gasteiger partial charge on any atom is 0.309 e. The lowest BCUT2D eigenvalue weighted by molar-refractivity contribution is -0.151. The van der Waals surface area contributed by atoms with Crippen LogP contribution in [0.2, 0.25) is 0 Å². The van der Waals surface area contributed by atoms with Crippen molar-refractivity contribution in [1.82, 2.24) is 4.90 Å². The number of aromatic hydroxyl groups is 2. The van der Waals surface area contributed by atoms with Gasteiger partial charge in [-0.05, 0) is 51.9 Å². The Morgan fingerprint density at radius 2 is 1.75 bits per heavy atom. The number of hydrogen-bond acceptors (Lipinski definition) is 4. The summed E-state index contributed by atoms with van der Waals surface area (Å²) in [6.45, 7) is 4.96. The Labute approximate surface area is 118 Å². The molecule has 1 aliphatic rings. The molecule has 1 aromatic carbocycles. The first kappa shape index (κ1) is 14.7. The molecule has 0 aliphatic carbocycles. The minimum Gasteiger partial charge on any atom is -0.507 e. The van der Waals surface area contributed by atoms with Crippen LogP contribution < -0.4 is 0 Å². The van der Waals surface area contributed by atoms with Crippen LogP contribution in [0.25, 0.3) is 0 Å². The number of hydrogen-bond donors (Lipinski definition) is 3. The van der Waals surface area contributed by atoms with E-state index in [1.807, 2.05) is 6.92 Å². The van der Waals surface area contributed by atoms with E-state index < -0.39 is 11.4 Å². The van der Waals surface area contributed by atoms with Crippen LogP contribution in [0.1, 0.15) is 38.3 Å². The van der Waals surface area contributed by atoms with Crippen LogP contribution in [0.15, 0.2) is 18.2 Å². The van der Waals surface area contributed by atoms with E-state index in [1.54, 1.807) is 25.1 Å². The number of piperidine rings is 1. The third-order valence-electron chi connectivity index (χ3n) is 4.44. The van der Waals surface area contributed by atoms with Crippen LogP contribution in [-0.4, -0.2) is 39.3 Å². The minimum absolute atomic E-state index is 0.0732. The first-order valence-corrected chi connectivity index (χ1v) is 6.83. The standard InChI is InChI=1S/C15H21NO4/c1-10(13-11(17)4-3-5-12(13)18)16-8-6-15(2,7-9-16)14(19)20/h3-5,10,17-18H,6-9H2,1-2H3,(H,19,20). The Bertz CT molecular complexity index is 486. The number of carboxylic acids is 1. The second-order valence-corrected chi connectivity index (χ2v) is 5.79. The summed E-state index contributed by atoms with van der Waals surface area (Å²) in [6, 6.07) is 4.56. The maximum absolute atomic E-state index is 11.2. The first-order chi connectivity index (χ1) is 9.35. The molecule has 0 spiro atoms. The highest BCUT2D eigenvalue weighted by molar-refractivity contribution is 5.74. The number of likely N-dealkylation sites (tertiary alicyclic amines) is 1. The summed E-state index contributed by atoms with van der Waals surface area (Å²) in [5.41, 5.74) is -0.164. The summed E-state index contributed by atoms with van der Waals surface area (Å²) in [4.78, 5) is 13.3. The average molecular weight is 279 g/mol. The van der Waals surface area contributed by atoms with Crippen molar-refractivity contribution in [2.24, 2.45) is 5.41 Å². The molecule has 1 unspecified atom stereocenters. The number of nitrogens with zero attached hydrogens (tertiary/aromatic N) is 1. The monoisotopic (exact) mass is 279 g/mol. The quantitative estimate of drug-likeness (QED) is 0.791. The van der Waals surface area contributed by atoms with Crippen LogP contribution in [0.5, 0.6) is 11.5 Å². The van der Waals surface area contributed by atoms with Gasteiger partial charge in [0.2, 0.25) is 0 Å². The van der Waals surface area contributed by atoms with Gasteiger partial charge in [0.1, 0.15) is 11.5 Å². The summed E-state index contributed by atoms with van der Waals surface area (Å²) in [5, 5.41) is 29.0. The van der Waals surface area contributed by atoms with Crippen molar-refractivity contribution in [3.63, 3.8) is 0 Å². The molecule has 1 saturated heterocycles. The fourth-order valence-electron chi connectivity index (χ4n) is 2.77. The van der Waals surface area contributed by atoms with E-state index >= 15 is 0 Å². The molecule has 5 nitrogen and oxygen atoms in total. The Hall–Kier alpha value is -1.75. The summed E-state index contributed by atoms with van der Waals surface area (Å²) < 4.78 is 0. The van der Waals surface area contributed by atoms with Gasteiger partial charge in [-0.25, -0.2) is 0 Å². The topological polar surface area (TPSA) is 81.0 Å². The number of phenols is 2. The van der Waals surface area contributed by atoms with E-state index in [0.717, 1.165) is 0 Å². The van der Waals surface area contributed by atoms with E-state index in [-0.39, 0.29) is 17.5 Å². The molecular weight excluding hydrogens is 258 g/mol. The van der Waals surface area contributed by atoms with Crippen molar-refractivity contribution in [3.05, 3.63) is 23.8 Å². The van der Waals surface area contributed by atoms with Crippen molar-refractivity contribution in [2.45, 2.75) is 32.7 Å². The molecule has 0 amide bonds. The molecule has 3 N–H and O–H groups in total. The summed E-state index contributed by atoms with van der Waals surface area (Å²) in [5.74, 6) is -0.608. The lowest BCUT2D eigenvalue weighted by Crippen LogP contribution is -2.43. The van der Waals surface area contributed by atoms with Crippen molar-refractivity contribution < 1.29 is 20.1 Å². The average Bonchev–Trinajstić information content (AvgIpc) is 2.39. The van der Waals surface area contributed by atoms with E-state index in [2.05, 4.69) is 4.90 Å². The predicted octanol–water partition coefficient (Wildman–Crippen LogP) is 2.35. The highest BCUT2D eigenvalue weighted by Gasteiger charge is 2.38. The zero-order valence-corrected chi connectivity index (χ0v) is 11.8. The smallest absolute Gasteiger partial charge is 0.309 e. The molecule has 1 fully saturated rings. The minimum atomic E-state index is -0.754. The molecule has 0 bridgehead atoms. The highest BCUT2D eigenvalue weighted by atomic mass is 16.4. The number of rotatable bonds is 3. The van der Waals surface area contributed by atoms with Gasteiger partial charge in [0, 0.05) is 6.04 Å². The van der Waals surface area contributed by atoms with E-state index in [9.17, 15) is 20.1 Å². The molecule has 2 rings (SSSR count). The molecule has 1 atom stereocenters. The number of benzene rings is 1. The fraction of sp³-hybridized carbons (Fsp3) is 0.533. The predicted molar refractivity (Wildman–Crippen MR) is 74.7 cm³/mol. The van der Waals surface area contributed by atoms with E-state index in [1.165, 1.54) is 0 Å². The molecule has 1 heterocycles. The van der Waals surface area contributed by atoms with Gasteiger partial charge >= 0.3 is 5.97 Å². The number of carboxylic acid groups (broad SMARTS) is 1. The first-order valence-electron chi connectivity index (χ1n) is 6.83. The lowest BCUT2D eigenvalue weighted by Gasteiger charge is -2.39. The molecule has 110 valence electrons. The maximum atomic E-state index is 11.2. The van der Waals surface area contributed by atoms with Gasteiger partial charge in [-0.15, -0.1) is 0 Å². The molecule has 1 aliphatic heterocycles. The summed E-state index contributed by atoms with van der Waals surface area (Å²) >= 11 is 0. The molecule has 20 heavy (non-hydrogen) atoms. The van der Waals surface area contributed by atoms with E-state index in [4.69, 9.17) is 0 Å². The van der Waals surface area contributed by atoms with Gasteiger partial charge < -0.3 is 15.3 Å². The normalized spacial score (nSPS) is 20.5. The molecule has 0 aromatic heterocycles. The molecule has 0 saturated carbocycles. The summed E-state index contributed by atoms with van der Waals surface area (Å²) in [6.07, 6.45) is 1.14. The zero-order chi connectivity index (χ0) is 14.9. The number of carbonyl (C=O) groups is 1. The van der Waals surface area contributed by atoms with Gasteiger partial charge in [-0.1, -0.05) is 6.07 Å². The molecule has 0 radical (unpaired) electrons. The Morgan fingerprint density at radius 3 is 2.20 bits per heavy atom. The Morgan fingerprint density at radius 1 is 1.25 bits per heavy atom. The summed E-state index contributed by atoms with van der Waals surface area (Å²) in [7, 11) is 0. The SMILES string of the molecule is CC(c1c(O)cccc1O)N1CCC(C)(C(=O)O)CC1. The largest absolute Gasteiger partial charge is 0.507 e. The molecular formula is C15H21NO4. The fourth-order valence-corrected chi connectivity index (χ4v) is 2.77. The van der Waals surface area contributed by atoms with Gasteiger partial charge in [-0.2, -0.15) is 0 Å². The van der Waals surface area contributed by atoms with Crippen molar-refractivity contribution in [2.75, 3.05) is 13.1 Å². The third kappa shape index (κ3) is 2.58. The van der Waals surface area contributed by atoms with Crippen molar-refractivity contribution >= 4 is 5.97 Å². The lowest BCUT2D eigenvalue weighted by atomic mass is 9.80. The van der Waals surface area contributed by atoms with Crippen LogP contribution >= 0.6 is 0 Å². The zero-order valence-electron chi connectivity index (χ0n) is 11.8. The van der Waals surface area contributed by atoms with Crippen LogP contribution in [0, 0.1) is 5.41 Å². The third-order valence-corrected chi connectivity index (χ3v) is 4.44. The van der Waals surface area contributed by atoms with E-state index in [0.29, 0.717) is 31.5 Å². The van der Waals surface area contributed by atoms with Crippen molar-refractivity contribution in [1.29, 1.82) is 0 Å². The van der Waals surface area contributed by atoms with Gasteiger partial charge in [0.15, 0.2) is 0 Å². The van der Waals surface area contributed by atoms with Gasteiger partial charge in [0.05, 0.1) is 11.0 Å². The van der Waals surface area contributed by atoms with Gasteiger partial charge in [0.25, 0.3) is 0 Å². The Balaban J connectivity index is 2.13. The molecule has 5 heteroatoms. The second kappa shape index (κ2) is 5.32. The highest BCUT2D eigenvalue weighted by Crippen LogP contribution is 2.39. The molecule has 1 aromatic rings. The van der Waals surface area contributed by atoms with Crippen molar-refractivity contribution in [3.8, 4) is 11.5 Å². The van der Waals surface area contributed by atoms with Gasteiger partial charge in [-0.3, -0.25) is 9.69 Å². The Kier molecular flexibility index (Phi) is 3.90. The van der Waals surface area contributed by atoms with Crippen LogP contribution in [0.4, 0.5) is 0 Å². The number of phenolic OH excluding ortho intramolecular Hbond substituents is 2.